The van der Waals surface area contributed by atoms with Crippen LogP contribution >= 0.6 is 0 Å². The van der Waals surface area contributed by atoms with Gasteiger partial charge in [-0.1, -0.05) is 13.8 Å². The van der Waals surface area contributed by atoms with Crippen LogP contribution in [0.1, 0.15) is 32.4 Å². The van der Waals surface area contributed by atoms with Crippen molar-refractivity contribution in [3.05, 3.63) is 41.8 Å². The van der Waals surface area contributed by atoms with Gasteiger partial charge in [-0.2, -0.15) is 9.97 Å². The molecule has 4 nitrogen and oxygen atoms in total. The minimum atomic E-state index is -0.237. The van der Waals surface area contributed by atoms with Crippen molar-refractivity contribution in [2.24, 2.45) is 0 Å². The molecule has 0 bridgehead atoms. The third-order valence-corrected chi connectivity index (χ3v) is 3.78. The lowest BCUT2D eigenvalue weighted by molar-refractivity contribution is 0.361. The summed E-state index contributed by atoms with van der Waals surface area (Å²) < 4.78 is 13.8. The molecule has 0 saturated heterocycles. The van der Waals surface area contributed by atoms with Crippen molar-refractivity contribution in [3.63, 3.8) is 0 Å². The number of aromatic nitrogens is 2. The highest BCUT2D eigenvalue weighted by Crippen LogP contribution is 2.33. The van der Waals surface area contributed by atoms with E-state index in [2.05, 4.69) is 23.8 Å². The highest BCUT2D eigenvalue weighted by atomic mass is 19.1. The van der Waals surface area contributed by atoms with Crippen LogP contribution in [-0.4, -0.2) is 23.1 Å². The van der Waals surface area contributed by atoms with Crippen LogP contribution in [0.2, 0.25) is 0 Å². The third-order valence-electron chi connectivity index (χ3n) is 3.78. The molecule has 0 atom stereocenters. The largest absolute Gasteiger partial charge is 0.383 e. The SMILES string of the molecule is CCC[N+](CCC)(c1ccc(F)cc1)c1nc(C)cc(N)n1. The lowest BCUT2D eigenvalue weighted by Gasteiger charge is -2.35. The highest BCUT2D eigenvalue weighted by molar-refractivity contribution is 5.54. The van der Waals surface area contributed by atoms with Crippen LogP contribution in [0.5, 0.6) is 0 Å². The summed E-state index contributed by atoms with van der Waals surface area (Å²) in [6.07, 6.45) is 1.93. The lowest BCUT2D eigenvalue weighted by atomic mass is 10.2. The van der Waals surface area contributed by atoms with Gasteiger partial charge in [-0.3, -0.25) is 0 Å². The van der Waals surface area contributed by atoms with Crippen molar-refractivity contribution >= 4 is 17.5 Å². The van der Waals surface area contributed by atoms with E-state index in [4.69, 9.17) is 5.73 Å². The molecule has 0 aliphatic rings. The van der Waals surface area contributed by atoms with Crippen LogP contribution < -0.4 is 10.2 Å². The highest BCUT2D eigenvalue weighted by Gasteiger charge is 2.35. The number of halogens is 1. The molecular formula is C17H24FN4+. The Morgan fingerprint density at radius 1 is 1.05 bits per heavy atom. The zero-order valence-electron chi connectivity index (χ0n) is 13.5. The monoisotopic (exact) mass is 303 g/mol. The second-order valence-electron chi connectivity index (χ2n) is 5.63. The Balaban J connectivity index is 2.64. The molecule has 0 aliphatic carbocycles. The molecule has 1 heterocycles. The van der Waals surface area contributed by atoms with E-state index in [0.717, 1.165) is 37.3 Å². The molecule has 2 rings (SSSR count). The number of hydrogen-bond acceptors (Lipinski definition) is 3. The topological polar surface area (TPSA) is 51.8 Å². The van der Waals surface area contributed by atoms with Gasteiger partial charge < -0.3 is 5.73 Å². The summed E-state index contributed by atoms with van der Waals surface area (Å²) in [7, 11) is 0. The van der Waals surface area contributed by atoms with E-state index in [0.29, 0.717) is 16.2 Å². The molecule has 0 radical (unpaired) electrons. The number of quaternary nitrogens is 1. The smallest absolute Gasteiger partial charge is 0.336 e. The van der Waals surface area contributed by atoms with Gasteiger partial charge in [0.05, 0.1) is 13.1 Å². The fourth-order valence-electron chi connectivity index (χ4n) is 2.94. The first-order valence-electron chi connectivity index (χ1n) is 7.76. The van der Waals surface area contributed by atoms with Gasteiger partial charge in [-0.05, 0) is 31.9 Å². The molecule has 2 aromatic rings. The van der Waals surface area contributed by atoms with Gasteiger partial charge in [-0.15, -0.1) is 0 Å². The molecular weight excluding hydrogens is 279 g/mol. The number of anilines is 1. The van der Waals surface area contributed by atoms with Gasteiger partial charge in [0.15, 0.2) is 0 Å². The van der Waals surface area contributed by atoms with Crippen molar-refractivity contribution in [2.75, 3.05) is 18.8 Å². The van der Waals surface area contributed by atoms with Crippen LogP contribution in [0.3, 0.4) is 0 Å². The van der Waals surface area contributed by atoms with E-state index in [1.165, 1.54) is 12.1 Å². The molecule has 2 N–H and O–H groups in total. The van der Waals surface area contributed by atoms with Gasteiger partial charge in [0.2, 0.25) is 0 Å². The Labute approximate surface area is 131 Å². The van der Waals surface area contributed by atoms with Crippen molar-refractivity contribution in [1.82, 2.24) is 14.5 Å². The molecule has 118 valence electrons. The number of rotatable bonds is 6. The maximum atomic E-state index is 13.3. The van der Waals surface area contributed by atoms with E-state index in [-0.39, 0.29) is 5.82 Å². The van der Waals surface area contributed by atoms with Crippen molar-refractivity contribution in [3.8, 4) is 0 Å². The minimum Gasteiger partial charge on any atom is -0.383 e. The normalized spacial score (nSPS) is 11.6. The van der Waals surface area contributed by atoms with E-state index < -0.39 is 0 Å². The summed E-state index contributed by atoms with van der Waals surface area (Å²) >= 11 is 0. The van der Waals surface area contributed by atoms with Gasteiger partial charge in [0.1, 0.15) is 17.3 Å². The van der Waals surface area contributed by atoms with E-state index >= 15 is 0 Å². The Kier molecular flexibility index (Phi) is 5.08. The minimum absolute atomic E-state index is 0.237. The fourth-order valence-corrected chi connectivity index (χ4v) is 2.94. The predicted octanol–water partition coefficient (Wildman–Crippen LogP) is 3.97. The maximum Gasteiger partial charge on any atom is 0.336 e. The van der Waals surface area contributed by atoms with E-state index in [9.17, 15) is 4.39 Å². The quantitative estimate of drug-likeness (QED) is 0.822. The summed E-state index contributed by atoms with van der Waals surface area (Å²) in [5.74, 6) is 0.923. The van der Waals surface area contributed by atoms with Gasteiger partial charge in [-0.25, -0.2) is 8.87 Å². The molecule has 22 heavy (non-hydrogen) atoms. The van der Waals surface area contributed by atoms with Crippen LogP contribution in [0.15, 0.2) is 30.3 Å². The number of nitrogen functional groups attached to an aromatic ring is 1. The average molecular weight is 303 g/mol. The van der Waals surface area contributed by atoms with E-state index in [1.54, 1.807) is 6.07 Å². The number of nitrogens with zero attached hydrogens (tertiary/aromatic N) is 3. The predicted molar refractivity (Wildman–Crippen MR) is 89.4 cm³/mol. The molecule has 1 aromatic carbocycles. The number of nitrogens with two attached hydrogens (primary N) is 1. The van der Waals surface area contributed by atoms with Gasteiger partial charge >= 0.3 is 5.95 Å². The number of hydrogen-bond donors (Lipinski definition) is 1. The summed E-state index contributed by atoms with van der Waals surface area (Å²) in [4.78, 5) is 9.12. The van der Waals surface area contributed by atoms with Crippen molar-refractivity contribution in [1.29, 1.82) is 0 Å². The maximum absolute atomic E-state index is 13.3. The van der Waals surface area contributed by atoms with Crippen molar-refractivity contribution < 1.29 is 4.39 Å². The van der Waals surface area contributed by atoms with Gasteiger partial charge in [0, 0.05) is 23.9 Å². The first kappa shape index (κ1) is 16.4. The molecule has 5 heteroatoms. The molecule has 1 aromatic heterocycles. The first-order valence-corrected chi connectivity index (χ1v) is 7.76. The van der Waals surface area contributed by atoms with E-state index in [1.807, 2.05) is 19.1 Å². The fraction of sp³-hybridized carbons (Fsp3) is 0.412. The Bertz CT molecular complexity index is 599. The van der Waals surface area contributed by atoms with Crippen LogP contribution in [0.4, 0.5) is 21.8 Å². The molecule has 0 amide bonds. The average Bonchev–Trinajstić information content (AvgIpc) is 2.46. The van der Waals surface area contributed by atoms with Crippen LogP contribution in [-0.2, 0) is 0 Å². The second-order valence-corrected chi connectivity index (χ2v) is 5.63. The zero-order chi connectivity index (χ0) is 16.2. The number of benzene rings is 1. The Morgan fingerprint density at radius 3 is 2.14 bits per heavy atom. The lowest BCUT2D eigenvalue weighted by Crippen LogP contribution is -2.47. The molecule has 0 unspecified atom stereocenters. The number of aryl methyl sites for hydroxylation is 1. The molecule has 0 fully saturated rings. The Morgan fingerprint density at radius 2 is 1.64 bits per heavy atom. The van der Waals surface area contributed by atoms with Crippen LogP contribution in [0.25, 0.3) is 0 Å². The van der Waals surface area contributed by atoms with Crippen LogP contribution in [0, 0.1) is 12.7 Å². The summed E-state index contributed by atoms with van der Waals surface area (Å²) in [5, 5.41) is 0. The standard InChI is InChI=1S/C17H24FN4/c1-4-10-22(11-5-2,15-8-6-14(18)7-9-15)17-20-13(3)12-16(19)21-17/h6-9,12H,4-5,10-11H2,1-3H3,(H2,19,20,21)/q+1. The van der Waals surface area contributed by atoms with Gasteiger partial charge in [0.25, 0.3) is 0 Å². The first-order chi connectivity index (χ1) is 10.5. The third kappa shape index (κ3) is 3.25. The zero-order valence-corrected chi connectivity index (χ0v) is 13.5. The summed E-state index contributed by atoms with van der Waals surface area (Å²) in [6, 6.07) is 8.39. The molecule has 0 aliphatic heterocycles. The van der Waals surface area contributed by atoms with Crippen molar-refractivity contribution in [2.45, 2.75) is 33.6 Å². The molecule has 0 saturated carbocycles. The second kappa shape index (κ2) is 6.83. The summed E-state index contributed by atoms with van der Waals surface area (Å²) in [5.41, 5.74) is 7.77. The molecule has 0 spiro atoms. The Hall–Kier alpha value is -2.01. The summed E-state index contributed by atoms with van der Waals surface area (Å²) in [6.45, 7) is 7.88.